The van der Waals surface area contributed by atoms with Gasteiger partial charge in [-0.05, 0) is 75.1 Å². The first-order valence-corrected chi connectivity index (χ1v) is 16.9. The SMILES string of the molecule is CCCNC(=O)C(C)N(Cc1c(Cl)cccc1Cl)C(=O)CN(c1ccccc1OCC)S(=O)(=O)c1ccc(SC)cc1. The zero-order valence-electron chi connectivity index (χ0n) is 24.0. The Morgan fingerprint density at radius 3 is 2.21 bits per heavy atom. The van der Waals surface area contributed by atoms with Crippen LogP contribution in [0.3, 0.4) is 0 Å². The summed E-state index contributed by atoms with van der Waals surface area (Å²) < 4.78 is 35.0. The van der Waals surface area contributed by atoms with Gasteiger partial charge in [0.25, 0.3) is 10.0 Å². The molecule has 42 heavy (non-hydrogen) atoms. The van der Waals surface area contributed by atoms with E-state index in [1.165, 1.54) is 28.8 Å². The highest BCUT2D eigenvalue weighted by Crippen LogP contribution is 2.34. The molecule has 3 aromatic rings. The predicted octanol–water partition coefficient (Wildman–Crippen LogP) is 6.25. The van der Waals surface area contributed by atoms with Crippen molar-refractivity contribution in [1.82, 2.24) is 10.2 Å². The molecule has 0 saturated heterocycles. The molecule has 0 bridgehead atoms. The van der Waals surface area contributed by atoms with Gasteiger partial charge in [0.2, 0.25) is 11.8 Å². The number of hydrogen-bond acceptors (Lipinski definition) is 6. The summed E-state index contributed by atoms with van der Waals surface area (Å²) in [7, 11) is -4.25. The van der Waals surface area contributed by atoms with Gasteiger partial charge in [-0.25, -0.2) is 8.42 Å². The molecule has 226 valence electrons. The second kappa shape index (κ2) is 15.5. The molecule has 2 amide bonds. The Labute approximate surface area is 262 Å². The van der Waals surface area contributed by atoms with Crippen LogP contribution in [-0.4, -0.2) is 57.1 Å². The van der Waals surface area contributed by atoms with Crippen molar-refractivity contribution in [2.24, 2.45) is 0 Å². The normalized spacial score (nSPS) is 12.0. The Kier molecular flexibility index (Phi) is 12.4. The van der Waals surface area contributed by atoms with Crippen molar-refractivity contribution in [3.05, 3.63) is 82.3 Å². The molecule has 0 spiro atoms. The van der Waals surface area contributed by atoms with E-state index >= 15 is 0 Å². The summed E-state index contributed by atoms with van der Waals surface area (Å²) in [6.45, 7) is 5.28. The fourth-order valence-corrected chi connectivity index (χ4v) is 6.51. The number of nitrogens with one attached hydrogen (secondary N) is 1. The number of ether oxygens (including phenoxy) is 1. The third kappa shape index (κ3) is 8.12. The largest absolute Gasteiger partial charge is 0.492 e. The monoisotopic (exact) mass is 651 g/mol. The lowest BCUT2D eigenvalue weighted by Gasteiger charge is -2.32. The molecule has 0 heterocycles. The van der Waals surface area contributed by atoms with Crippen LogP contribution in [0.4, 0.5) is 5.69 Å². The smallest absolute Gasteiger partial charge is 0.264 e. The van der Waals surface area contributed by atoms with Crippen LogP contribution in [0.1, 0.15) is 32.8 Å². The molecule has 0 fully saturated rings. The third-order valence-corrected chi connectivity index (χ3v) is 9.69. The Bertz CT molecular complexity index is 1470. The second-order valence-electron chi connectivity index (χ2n) is 9.28. The van der Waals surface area contributed by atoms with Gasteiger partial charge in [-0.15, -0.1) is 11.8 Å². The van der Waals surface area contributed by atoms with E-state index in [0.717, 1.165) is 9.20 Å². The number of carbonyl (C=O) groups excluding carboxylic acids is 2. The Hall–Kier alpha value is -2.92. The fraction of sp³-hybridized carbons (Fsp3) is 0.333. The third-order valence-electron chi connectivity index (χ3n) is 6.47. The lowest BCUT2D eigenvalue weighted by Crippen LogP contribution is -2.51. The lowest BCUT2D eigenvalue weighted by molar-refractivity contribution is -0.139. The Morgan fingerprint density at radius 1 is 0.976 bits per heavy atom. The van der Waals surface area contributed by atoms with E-state index in [1.807, 2.05) is 13.2 Å². The molecule has 12 heteroatoms. The quantitative estimate of drug-likeness (QED) is 0.207. The first-order chi connectivity index (χ1) is 20.0. The van der Waals surface area contributed by atoms with E-state index in [9.17, 15) is 18.0 Å². The van der Waals surface area contributed by atoms with Crippen LogP contribution in [0.5, 0.6) is 5.75 Å². The molecule has 0 aliphatic rings. The number of sulfonamides is 1. The van der Waals surface area contributed by atoms with Crippen molar-refractivity contribution in [2.75, 3.05) is 30.3 Å². The van der Waals surface area contributed by atoms with E-state index in [2.05, 4.69) is 5.32 Å². The van der Waals surface area contributed by atoms with Gasteiger partial charge < -0.3 is 15.0 Å². The number of carbonyl (C=O) groups is 2. The molecule has 0 radical (unpaired) electrons. The first-order valence-electron chi connectivity index (χ1n) is 13.4. The fourth-order valence-electron chi connectivity index (χ4n) is 4.16. The summed E-state index contributed by atoms with van der Waals surface area (Å²) in [4.78, 5) is 29.4. The standard InChI is InChI=1S/C30H35Cl2N3O5S2/c1-5-18-33-30(37)21(3)34(19-24-25(31)10-9-11-26(24)32)29(36)20-35(27-12-7-8-13-28(27)40-6-2)42(38,39)23-16-14-22(41-4)15-17-23/h7-17,21H,5-6,18-20H2,1-4H3,(H,33,37). The summed E-state index contributed by atoms with van der Waals surface area (Å²) in [5, 5.41) is 3.45. The molecule has 1 atom stereocenters. The summed E-state index contributed by atoms with van der Waals surface area (Å²) >= 11 is 14.3. The van der Waals surface area contributed by atoms with Crippen molar-refractivity contribution in [3.63, 3.8) is 0 Å². The van der Waals surface area contributed by atoms with Gasteiger partial charge in [0.15, 0.2) is 0 Å². The predicted molar refractivity (Wildman–Crippen MR) is 170 cm³/mol. The second-order valence-corrected chi connectivity index (χ2v) is 12.8. The first kappa shape index (κ1) is 33.6. The van der Waals surface area contributed by atoms with Crippen molar-refractivity contribution in [1.29, 1.82) is 0 Å². The lowest BCUT2D eigenvalue weighted by atomic mass is 10.1. The number of halogens is 2. The van der Waals surface area contributed by atoms with Gasteiger partial charge in [-0.1, -0.05) is 48.3 Å². The van der Waals surface area contributed by atoms with Crippen LogP contribution >= 0.6 is 35.0 Å². The Morgan fingerprint density at radius 2 is 1.62 bits per heavy atom. The van der Waals surface area contributed by atoms with Gasteiger partial charge >= 0.3 is 0 Å². The molecule has 0 aromatic heterocycles. The molecule has 3 rings (SSSR count). The molecule has 0 aliphatic heterocycles. The van der Waals surface area contributed by atoms with Crippen molar-refractivity contribution in [2.45, 2.75) is 49.6 Å². The van der Waals surface area contributed by atoms with E-state index in [-0.39, 0.29) is 29.6 Å². The van der Waals surface area contributed by atoms with Crippen LogP contribution in [-0.2, 0) is 26.2 Å². The molecule has 0 aliphatic carbocycles. The van der Waals surface area contributed by atoms with Crippen molar-refractivity contribution < 1.29 is 22.7 Å². The van der Waals surface area contributed by atoms with Crippen LogP contribution in [0, 0.1) is 0 Å². The van der Waals surface area contributed by atoms with E-state index < -0.39 is 28.5 Å². The highest BCUT2D eigenvalue weighted by atomic mass is 35.5. The van der Waals surface area contributed by atoms with Crippen molar-refractivity contribution >= 4 is 62.5 Å². The zero-order valence-corrected chi connectivity index (χ0v) is 27.1. The number of nitrogens with zero attached hydrogens (tertiary/aromatic N) is 2. The highest BCUT2D eigenvalue weighted by Gasteiger charge is 2.34. The van der Waals surface area contributed by atoms with Crippen LogP contribution in [0.25, 0.3) is 0 Å². The number of rotatable bonds is 14. The van der Waals surface area contributed by atoms with Crippen molar-refractivity contribution in [3.8, 4) is 5.75 Å². The zero-order chi connectivity index (χ0) is 30.9. The molecule has 3 aromatic carbocycles. The number of benzene rings is 3. The minimum absolute atomic E-state index is 0.00818. The molecule has 1 N–H and O–H groups in total. The van der Waals surface area contributed by atoms with Gasteiger partial charge in [-0.3, -0.25) is 13.9 Å². The number of hydrogen-bond donors (Lipinski definition) is 1. The van der Waals surface area contributed by atoms with Gasteiger partial charge in [0.1, 0.15) is 18.3 Å². The average molecular weight is 653 g/mol. The number of amides is 2. The minimum atomic E-state index is -4.25. The number of thioether (sulfide) groups is 1. The van der Waals surface area contributed by atoms with E-state index in [1.54, 1.807) is 68.4 Å². The van der Waals surface area contributed by atoms with Gasteiger partial charge in [0, 0.05) is 33.6 Å². The summed E-state index contributed by atoms with van der Waals surface area (Å²) in [5.41, 5.74) is 0.640. The minimum Gasteiger partial charge on any atom is -0.492 e. The summed E-state index contributed by atoms with van der Waals surface area (Å²) in [6.07, 6.45) is 2.60. The molecule has 1 unspecified atom stereocenters. The molecule has 0 saturated carbocycles. The average Bonchev–Trinajstić information content (AvgIpc) is 2.98. The van der Waals surface area contributed by atoms with Crippen LogP contribution in [0.15, 0.2) is 76.5 Å². The van der Waals surface area contributed by atoms with Crippen LogP contribution < -0.4 is 14.4 Å². The molecular weight excluding hydrogens is 617 g/mol. The Balaban J connectivity index is 2.11. The van der Waals surface area contributed by atoms with Crippen LogP contribution in [0.2, 0.25) is 10.0 Å². The number of anilines is 1. The highest BCUT2D eigenvalue weighted by molar-refractivity contribution is 7.98. The number of para-hydroxylation sites is 2. The topological polar surface area (TPSA) is 96.0 Å². The van der Waals surface area contributed by atoms with E-state index in [0.29, 0.717) is 34.3 Å². The van der Waals surface area contributed by atoms with Gasteiger partial charge in [0.05, 0.1) is 17.2 Å². The molecular formula is C30H35Cl2N3O5S2. The summed E-state index contributed by atoms with van der Waals surface area (Å²) in [6, 6.07) is 17.0. The maximum absolute atomic E-state index is 14.1. The summed E-state index contributed by atoms with van der Waals surface area (Å²) in [5.74, 6) is -0.711. The van der Waals surface area contributed by atoms with Gasteiger partial charge in [-0.2, -0.15) is 0 Å². The maximum Gasteiger partial charge on any atom is 0.264 e. The van der Waals surface area contributed by atoms with E-state index in [4.69, 9.17) is 27.9 Å². The molecule has 8 nitrogen and oxygen atoms in total. The maximum atomic E-state index is 14.1.